The van der Waals surface area contributed by atoms with Crippen LogP contribution in [0.2, 0.25) is 0 Å². The summed E-state index contributed by atoms with van der Waals surface area (Å²) < 4.78 is 5.77. The lowest BCUT2D eigenvalue weighted by molar-refractivity contribution is -0.384. The molecule has 0 radical (unpaired) electrons. The first kappa shape index (κ1) is 15.0. The van der Waals surface area contributed by atoms with E-state index in [-0.39, 0.29) is 22.8 Å². The number of aromatic nitrogens is 1. The van der Waals surface area contributed by atoms with Crippen molar-refractivity contribution in [2.24, 2.45) is 0 Å². The van der Waals surface area contributed by atoms with Crippen LogP contribution in [0.5, 0.6) is 0 Å². The van der Waals surface area contributed by atoms with E-state index in [9.17, 15) is 15.4 Å². The molecule has 1 aromatic carbocycles. The van der Waals surface area contributed by atoms with Gasteiger partial charge >= 0.3 is 0 Å². The molecule has 1 aliphatic rings. The molecule has 1 saturated heterocycles. The zero-order valence-corrected chi connectivity index (χ0v) is 12.6. The Kier molecular flexibility index (Phi) is 4.24. The van der Waals surface area contributed by atoms with Crippen LogP contribution in [-0.4, -0.2) is 23.0 Å². The highest BCUT2D eigenvalue weighted by atomic mass is 16.6. The van der Waals surface area contributed by atoms with Crippen molar-refractivity contribution in [2.45, 2.75) is 25.7 Å². The molecule has 0 aliphatic carbocycles. The number of benzene rings is 1. The molecule has 0 atom stereocenters. The van der Waals surface area contributed by atoms with Gasteiger partial charge in [0, 0.05) is 19.2 Å². The monoisotopic (exact) mass is 312 g/mol. The largest absolute Gasteiger partial charge is 0.419 e. The van der Waals surface area contributed by atoms with E-state index >= 15 is 0 Å². The van der Waals surface area contributed by atoms with Crippen LogP contribution in [0.4, 0.5) is 11.6 Å². The van der Waals surface area contributed by atoms with Crippen LogP contribution in [0, 0.1) is 21.4 Å². The van der Waals surface area contributed by atoms with Crippen molar-refractivity contribution in [1.29, 1.82) is 5.26 Å². The molecular formula is C16H16N4O3. The molecule has 1 fully saturated rings. The molecule has 2 heterocycles. The van der Waals surface area contributed by atoms with Gasteiger partial charge in [-0.15, -0.1) is 0 Å². The first-order valence-electron chi connectivity index (χ1n) is 7.60. The fraction of sp³-hybridized carbons (Fsp3) is 0.375. The Hall–Kier alpha value is -2.88. The summed E-state index contributed by atoms with van der Waals surface area (Å²) in [4.78, 5) is 16.9. The van der Waals surface area contributed by atoms with Crippen LogP contribution in [0.3, 0.4) is 0 Å². The van der Waals surface area contributed by atoms with Crippen LogP contribution in [0.1, 0.15) is 31.4 Å². The first-order valence-corrected chi connectivity index (χ1v) is 7.60. The number of rotatable bonds is 3. The van der Waals surface area contributed by atoms with Crippen molar-refractivity contribution in [1.82, 2.24) is 4.98 Å². The summed E-state index contributed by atoms with van der Waals surface area (Å²) >= 11 is 0. The Morgan fingerprint density at radius 3 is 2.57 bits per heavy atom. The summed E-state index contributed by atoms with van der Waals surface area (Å²) in [5.41, 5.74) is 0.385. The maximum Gasteiger partial charge on any atom is 0.282 e. The Morgan fingerprint density at radius 1 is 1.22 bits per heavy atom. The predicted octanol–water partition coefficient (Wildman–Crippen LogP) is 3.50. The fourth-order valence-corrected chi connectivity index (χ4v) is 2.80. The molecule has 23 heavy (non-hydrogen) atoms. The van der Waals surface area contributed by atoms with E-state index in [1.54, 1.807) is 18.2 Å². The van der Waals surface area contributed by atoms with Crippen LogP contribution in [0.25, 0.3) is 11.5 Å². The van der Waals surface area contributed by atoms with E-state index in [2.05, 4.69) is 4.98 Å². The number of oxazole rings is 1. The third kappa shape index (κ3) is 3.01. The number of nitro benzene ring substituents is 1. The molecule has 7 nitrogen and oxygen atoms in total. The van der Waals surface area contributed by atoms with Crippen molar-refractivity contribution >= 4 is 11.6 Å². The average molecular weight is 312 g/mol. The van der Waals surface area contributed by atoms with Crippen molar-refractivity contribution < 1.29 is 9.34 Å². The third-order valence-electron chi connectivity index (χ3n) is 3.94. The van der Waals surface area contributed by atoms with Crippen LogP contribution < -0.4 is 4.90 Å². The maximum atomic E-state index is 11.2. The van der Waals surface area contributed by atoms with Crippen LogP contribution >= 0.6 is 0 Å². The van der Waals surface area contributed by atoms with Gasteiger partial charge in [-0.2, -0.15) is 10.2 Å². The standard InChI is InChI=1S/C16H16N4O3/c17-11-13-16(19-9-5-1-2-6-10-19)23-15(18-13)12-7-3-4-8-14(12)20(21)22/h3-4,7-8H,1-2,5-6,9-10H2. The number of anilines is 1. The average Bonchev–Trinajstić information content (AvgIpc) is 2.81. The minimum atomic E-state index is -0.475. The van der Waals surface area contributed by atoms with E-state index in [1.165, 1.54) is 6.07 Å². The van der Waals surface area contributed by atoms with Crippen molar-refractivity contribution in [2.75, 3.05) is 18.0 Å². The number of nitrogens with zero attached hydrogens (tertiary/aromatic N) is 4. The second-order valence-electron chi connectivity index (χ2n) is 5.46. The number of hydrogen-bond acceptors (Lipinski definition) is 6. The highest BCUT2D eigenvalue weighted by molar-refractivity contribution is 5.68. The molecule has 0 bridgehead atoms. The van der Waals surface area contributed by atoms with Crippen LogP contribution in [-0.2, 0) is 0 Å². The maximum absolute atomic E-state index is 11.2. The summed E-state index contributed by atoms with van der Waals surface area (Å²) in [6.07, 6.45) is 4.38. The highest BCUT2D eigenvalue weighted by Gasteiger charge is 2.25. The molecule has 3 rings (SSSR count). The SMILES string of the molecule is N#Cc1nc(-c2ccccc2[N+](=O)[O-])oc1N1CCCCCC1. The molecule has 0 unspecified atom stereocenters. The molecule has 1 aliphatic heterocycles. The lowest BCUT2D eigenvalue weighted by Gasteiger charge is -2.18. The third-order valence-corrected chi connectivity index (χ3v) is 3.94. The summed E-state index contributed by atoms with van der Waals surface area (Å²) in [5, 5.41) is 20.5. The fourth-order valence-electron chi connectivity index (χ4n) is 2.80. The topological polar surface area (TPSA) is 96.2 Å². The Labute approximate surface area is 133 Å². The summed E-state index contributed by atoms with van der Waals surface area (Å²) in [5.74, 6) is 0.538. The van der Waals surface area contributed by atoms with Crippen molar-refractivity contribution in [3.8, 4) is 17.5 Å². The quantitative estimate of drug-likeness (QED) is 0.635. The predicted molar refractivity (Wildman–Crippen MR) is 84.0 cm³/mol. The summed E-state index contributed by atoms with van der Waals surface area (Å²) in [6.45, 7) is 1.61. The molecule has 1 aromatic heterocycles. The molecule has 0 saturated carbocycles. The van der Waals surface area contributed by atoms with E-state index in [1.807, 2.05) is 11.0 Å². The van der Waals surface area contributed by atoms with Gasteiger partial charge in [-0.25, -0.2) is 0 Å². The summed E-state index contributed by atoms with van der Waals surface area (Å²) in [7, 11) is 0. The van der Waals surface area contributed by atoms with E-state index in [4.69, 9.17) is 4.42 Å². The number of para-hydroxylation sites is 1. The van der Waals surface area contributed by atoms with Gasteiger partial charge in [0.25, 0.3) is 5.69 Å². The van der Waals surface area contributed by atoms with Crippen molar-refractivity contribution in [3.63, 3.8) is 0 Å². The van der Waals surface area contributed by atoms with Gasteiger partial charge in [-0.05, 0) is 18.9 Å². The van der Waals surface area contributed by atoms with Gasteiger partial charge < -0.3 is 9.32 Å². The minimum Gasteiger partial charge on any atom is -0.419 e. The van der Waals surface area contributed by atoms with Gasteiger partial charge in [0.05, 0.1) is 4.92 Å². The molecular weight excluding hydrogens is 296 g/mol. The Morgan fingerprint density at radius 2 is 1.91 bits per heavy atom. The Balaban J connectivity index is 2.03. The van der Waals surface area contributed by atoms with E-state index in [0.29, 0.717) is 5.88 Å². The van der Waals surface area contributed by atoms with Gasteiger partial charge in [0.15, 0.2) is 0 Å². The summed E-state index contributed by atoms with van der Waals surface area (Å²) in [6, 6.07) is 8.29. The molecule has 7 heteroatoms. The molecule has 0 spiro atoms. The van der Waals surface area contributed by atoms with Gasteiger partial charge in [0.1, 0.15) is 11.6 Å². The zero-order valence-electron chi connectivity index (χ0n) is 12.6. The normalized spacial score (nSPS) is 15.0. The van der Waals surface area contributed by atoms with Crippen molar-refractivity contribution in [3.05, 3.63) is 40.1 Å². The van der Waals surface area contributed by atoms with Crippen LogP contribution in [0.15, 0.2) is 28.7 Å². The second-order valence-corrected chi connectivity index (χ2v) is 5.46. The highest BCUT2D eigenvalue weighted by Crippen LogP contribution is 2.34. The lowest BCUT2D eigenvalue weighted by Crippen LogP contribution is -2.24. The molecule has 0 N–H and O–H groups in total. The minimum absolute atomic E-state index is 0.0827. The molecule has 118 valence electrons. The number of hydrogen-bond donors (Lipinski definition) is 0. The number of nitriles is 1. The van der Waals surface area contributed by atoms with E-state index < -0.39 is 4.92 Å². The molecule has 2 aromatic rings. The Bertz CT molecular complexity index is 755. The van der Waals surface area contributed by atoms with Gasteiger partial charge in [-0.1, -0.05) is 25.0 Å². The second kappa shape index (κ2) is 6.48. The van der Waals surface area contributed by atoms with E-state index in [0.717, 1.165) is 38.8 Å². The zero-order chi connectivity index (χ0) is 16.2. The molecule has 0 amide bonds. The van der Waals surface area contributed by atoms with Gasteiger partial charge in [-0.3, -0.25) is 10.1 Å². The smallest absolute Gasteiger partial charge is 0.282 e. The van der Waals surface area contributed by atoms with Gasteiger partial charge in [0.2, 0.25) is 17.5 Å². The lowest BCUT2D eigenvalue weighted by atomic mass is 10.2. The number of nitro groups is 1. The first-order chi connectivity index (χ1) is 11.2.